The number of nitrogens with one attached hydrogen (secondary N) is 1. The van der Waals surface area contributed by atoms with Crippen LogP contribution in [0.3, 0.4) is 0 Å². The van der Waals surface area contributed by atoms with E-state index in [-0.39, 0.29) is 0 Å². The van der Waals surface area contributed by atoms with Gasteiger partial charge < -0.3 is 5.32 Å². The van der Waals surface area contributed by atoms with Crippen LogP contribution in [0, 0.1) is 12.8 Å². The molecule has 3 rings (SSSR count). The molecule has 0 radical (unpaired) electrons. The molecule has 0 aliphatic heterocycles. The van der Waals surface area contributed by atoms with E-state index in [1.807, 2.05) is 0 Å². The molecule has 0 amide bonds. The van der Waals surface area contributed by atoms with Gasteiger partial charge in [-0.2, -0.15) is 0 Å². The Balaban J connectivity index is 1.90. The van der Waals surface area contributed by atoms with Gasteiger partial charge in [0, 0.05) is 17.1 Å². The average Bonchev–Trinajstić information content (AvgIpc) is 2.77. The van der Waals surface area contributed by atoms with Crippen LogP contribution in [0.15, 0.2) is 30.3 Å². The largest absolute Gasteiger partial charge is 0.313 e. The Kier molecular flexibility index (Phi) is 4.54. The van der Waals surface area contributed by atoms with Crippen LogP contribution in [-0.2, 0) is 0 Å². The molecule has 2 aromatic rings. The maximum atomic E-state index is 4.61. The van der Waals surface area contributed by atoms with Gasteiger partial charge in [-0.3, -0.25) is 4.98 Å². The van der Waals surface area contributed by atoms with Crippen LogP contribution in [0.2, 0.25) is 0 Å². The summed E-state index contributed by atoms with van der Waals surface area (Å²) in [5.74, 6) is 0.772. The smallest absolute Gasteiger partial charge is 0.0705 e. The summed E-state index contributed by atoms with van der Waals surface area (Å²) in [4.78, 5) is 4.61. The third-order valence-corrected chi connectivity index (χ3v) is 4.89. The third-order valence-electron chi connectivity index (χ3n) is 4.89. The molecule has 1 fully saturated rings. The molecule has 1 unspecified atom stereocenters. The summed E-state index contributed by atoms with van der Waals surface area (Å²) in [5, 5.41) is 4.83. The van der Waals surface area contributed by atoms with Gasteiger partial charge in [-0.1, -0.05) is 37.8 Å². The molecule has 1 heterocycles. The molecule has 21 heavy (non-hydrogen) atoms. The van der Waals surface area contributed by atoms with E-state index in [1.165, 1.54) is 49.5 Å². The van der Waals surface area contributed by atoms with Gasteiger partial charge in [0.05, 0.1) is 5.52 Å². The zero-order valence-electron chi connectivity index (χ0n) is 13.2. The van der Waals surface area contributed by atoms with Gasteiger partial charge in [-0.15, -0.1) is 0 Å². The van der Waals surface area contributed by atoms with Crippen molar-refractivity contribution >= 4 is 10.9 Å². The molecule has 1 saturated carbocycles. The number of benzene rings is 1. The molecule has 0 spiro atoms. The molecule has 1 aromatic heterocycles. The van der Waals surface area contributed by atoms with Crippen LogP contribution < -0.4 is 5.32 Å². The molecule has 1 N–H and O–H groups in total. The number of fused-ring (bicyclic) bond motifs is 1. The molecule has 2 nitrogen and oxygen atoms in total. The summed E-state index contributed by atoms with van der Waals surface area (Å²) in [6.45, 7) is 2.05. The molecule has 0 bridgehead atoms. The molecule has 0 saturated heterocycles. The molecule has 112 valence electrons. The highest BCUT2D eigenvalue weighted by atomic mass is 14.9. The van der Waals surface area contributed by atoms with Crippen LogP contribution in [0.5, 0.6) is 0 Å². The van der Waals surface area contributed by atoms with Crippen LogP contribution in [0.1, 0.15) is 55.8 Å². The first-order valence-electron chi connectivity index (χ1n) is 8.32. The summed E-state index contributed by atoms with van der Waals surface area (Å²) in [6.07, 6.45) is 8.31. The van der Waals surface area contributed by atoms with Crippen molar-refractivity contribution in [3.8, 4) is 0 Å². The van der Waals surface area contributed by atoms with Crippen molar-refractivity contribution < 1.29 is 0 Å². The summed E-state index contributed by atoms with van der Waals surface area (Å²) < 4.78 is 0. The van der Waals surface area contributed by atoms with Crippen molar-refractivity contribution in [3.63, 3.8) is 0 Å². The Bertz CT molecular complexity index is 598. The second kappa shape index (κ2) is 6.57. The minimum absolute atomic E-state index is 0.480. The zero-order chi connectivity index (χ0) is 14.7. The Morgan fingerprint density at radius 3 is 2.52 bits per heavy atom. The number of hydrogen-bond donors (Lipinski definition) is 1. The zero-order valence-corrected chi connectivity index (χ0v) is 13.2. The number of aromatic nitrogens is 1. The minimum atomic E-state index is 0.480. The van der Waals surface area contributed by atoms with Crippen LogP contribution >= 0.6 is 0 Å². The summed E-state index contributed by atoms with van der Waals surface area (Å²) >= 11 is 0. The van der Waals surface area contributed by atoms with Gasteiger partial charge in [0.1, 0.15) is 0 Å². The highest BCUT2D eigenvalue weighted by Gasteiger charge is 2.23. The maximum Gasteiger partial charge on any atom is 0.0705 e. The molecule has 1 aliphatic rings. The quantitative estimate of drug-likeness (QED) is 0.820. The second-order valence-electron chi connectivity index (χ2n) is 6.42. The first-order valence-corrected chi connectivity index (χ1v) is 8.32. The van der Waals surface area contributed by atoms with E-state index in [9.17, 15) is 0 Å². The number of nitrogens with zero attached hydrogens (tertiary/aromatic N) is 1. The fourth-order valence-corrected chi connectivity index (χ4v) is 3.76. The van der Waals surface area contributed by atoms with Crippen molar-refractivity contribution in [1.29, 1.82) is 0 Å². The Morgan fingerprint density at radius 2 is 1.81 bits per heavy atom. The number of aryl methyl sites for hydroxylation is 1. The van der Waals surface area contributed by atoms with E-state index in [1.54, 1.807) is 0 Å². The molecule has 1 atom stereocenters. The number of hydrogen-bond acceptors (Lipinski definition) is 2. The monoisotopic (exact) mass is 282 g/mol. The van der Waals surface area contributed by atoms with E-state index >= 15 is 0 Å². The minimum Gasteiger partial charge on any atom is -0.313 e. The van der Waals surface area contributed by atoms with Crippen molar-refractivity contribution in [2.75, 3.05) is 7.05 Å². The SMILES string of the molecule is CNC(c1ccc2nc(C)ccc2c1)C1CCCCCC1. The molecular formula is C19H26N2. The second-order valence-corrected chi connectivity index (χ2v) is 6.42. The fraction of sp³-hybridized carbons (Fsp3) is 0.526. The van der Waals surface area contributed by atoms with Crippen LogP contribution in [-0.4, -0.2) is 12.0 Å². The van der Waals surface area contributed by atoms with Crippen molar-refractivity contribution in [2.24, 2.45) is 5.92 Å². The van der Waals surface area contributed by atoms with Crippen molar-refractivity contribution in [2.45, 2.75) is 51.5 Å². The summed E-state index contributed by atoms with van der Waals surface area (Å²) in [5.41, 5.74) is 3.61. The van der Waals surface area contributed by atoms with Gasteiger partial charge in [-0.05, 0) is 56.5 Å². The third kappa shape index (κ3) is 3.26. The van der Waals surface area contributed by atoms with Crippen molar-refractivity contribution in [3.05, 3.63) is 41.6 Å². The maximum absolute atomic E-state index is 4.61. The van der Waals surface area contributed by atoms with Gasteiger partial charge in [-0.25, -0.2) is 0 Å². The topological polar surface area (TPSA) is 24.9 Å². The Morgan fingerprint density at radius 1 is 1.05 bits per heavy atom. The van der Waals surface area contributed by atoms with Gasteiger partial charge in [0.2, 0.25) is 0 Å². The average molecular weight is 282 g/mol. The first kappa shape index (κ1) is 14.5. The first-order chi connectivity index (χ1) is 10.3. The number of rotatable bonds is 3. The lowest BCUT2D eigenvalue weighted by Crippen LogP contribution is -2.25. The standard InChI is InChI=1S/C19H26N2/c1-14-9-10-16-13-17(11-12-18(16)21-14)19(20-2)15-7-5-3-4-6-8-15/h9-13,15,19-20H,3-8H2,1-2H3. The number of pyridine rings is 1. The molecule has 2 heteroatoms. The lowest BCUT2D eigenvalue weighted by atomic mass is 9.87. The Hall–Kier alpha value is -1.41. The summed E-state index contributed by atoms with van der Waals surface area (Å²) in [7, 11) is 2.10. The Labute approximate surface area is 128 Å². The highest BCUT2D eigenvalue weighted by Crippen LogP contribution is 2.34. The van der Waals surface area contributed by atoms with Crippen LogP contribution in [0.4, 0.5) is 0 Å². The lowest BCUT2D eigenvalue weighted by molar-refractivity contribution is 0.342. The van der Waals surface area contributed by atoms with Crippen LogP contribution in [0.25, 0.3) is 10.9 Å². The molecule has 1 aliphatic carbocycles. The predicted molar refractivity (Wildman–Crippen MR) is 89.5 cm³/mol. The molecule has 1 aromatic carbocycles. The van der Waals surface area contributed by atoms with Gasteiger partial charge >= 0.3 is 0 Å². The van der Waals surface area contributed by atoms with Gasteiger partial charge in [0.25, 0.3) is 0 Å². The molecular weight excluding hydrogens is 256 g/mol. The highest BCUT2D eigenvalue weighted by molar-refractivity contribution is 5.79. The lowest BCUT2D eigenvalue weighted by Gasteiger charge is -2.26. The van der Waals surface area contributed by atoms with E-state index < -0.39 is 0 Å². The van der Waals surface area contributed by atoms with Crippen molar-refractivity contribution in [1.82, 2.24) is 10.3 Å². The van der Waals surface area contributed by atoms with E-state index in [4.69, 9.17) is 0 Å². The van der Waals surface area contributed by atoms with Gasteiger partial charge in [0.15, 0.2) is 0 Å². The fourth-order valence-electron chi connectivity index (χ4n) is 3.76. The summed E-state index contributed by atoms with van der Waals surface area (Å²) in [6, 6.07) is 11.6. The van der Waals surface area contributed by atoms with E-state index in [0.29, 0.717) is 6.04 Å². The predicted octanol–water partition coefficient (Wildman–Crippen LogP) is 4.77. The normalized spacial score (nSPS) is 18.6. The van der Waals surface area contributed by atoms with E-state index in [0.717, 1.165) is 17.1 Å². The van der Waals surface area contributed by atoms with E-state index in [2.05, 4.69) is 54.6 Å².